The summed E-state index contributed by atoms with van der Waals surface area (Å²) in [7, 11) is -8.94. The second-order valence-corrected chi connectivity index (χ2v) is 19.9. The van der Waals surface area contributed by atoms with Gasteiger partial charge in [-0.2, -0.15) is 0 Å². The average Bonchev–Trinajstić information content (AvgIpc) is 3.22. The van der Waals surface area contributed by atoms with Crippen molar-refractivity contribution in [2.45, 2.75) is 217 Å². The Bertz CT molecular complexity index is 1900. The van der Waals surface area contributed by atoms with Gasteiger partial charge in [0, 0.05) is 0 Å². The summed E-state index contributed by atoms with van der Waals surface area (Å²) < 4.78 is 71.4. The fourth-order valence-corrected chi connectivity index (χ4v) is 10.0. The van der Waals surface area contributed by atoms with Crippen molar-refractivity contribution >= 4 is 90.7 Å². The van der Waals surface area contributed by atoms with Crippen LogP contribution in [0.5, 0.6) is 0 Å². The van der Waals surface area contributed by atoms with Crippen LogP contribution in [-0.2, 0) is 45.9 Å². The summed E-state index contributed by atoms with van der Waals surface area (Å²) in [5, 5.41) is 3.94. The summed E-state index contributed by atoms with van der Waals surface area (Å²) in [5.41, 5.74) is 3.93. The quantitative estimate of drug-likeness (QED) is 0.0292. The van der Waals surface area contributed by atoms with Gasteiger partial charge in [-0.15, -0.1) is 0 Å². The molecule has 4 rings (SSSR count). The maximum atomic E-state index is 11.9. The van der Waals surface area contributed by atoms with Crippen molar-refractivity contribution in [1.82, 2.24) is 0 Å². The van der Waals surface area contributed by atoms with Crippen molar-refractivity contribution in [2.75, 3.05) is 0 Å². The molecule has 0 fully saturated rings. The van der Waals surface area contributed by atoms with Crippen LogP contribution < -0.4 is 0 Å². The number of rotatable bonds is 30. The molecule has 0 atom stereocenters. The van der Waals surface area contributed by atoms with Gasteiger partial charge in [-0.25, -0.2) is 16.8 Å². The summed E-state index contributed by atoms with van der Waals surface area (Å²) >= 11 is 0. The van der Waals surface area contributed by atoms with Gasteiger partial charge in [0.1, 0.15) is 20.2 Å². The van der Waals surface area contributed by atoms with E-state index < -0.39 is 20.2 Å². The standard InChI is InChI=1S/2C26H40O3S.Ba/c2*1-3-5-7-9-11-13-16-22-18-15-19-23-21-26(30(27,28)29)24(20-25(22)23)17-14-12-10-8-6-4-2;/h2*15,18-21H,3-14,16-17H2,1-2H3,(H,27,28,29);/q;;+2/p-2. The van der Waals surface area contributed by atoms with E-state index in [0.717, 1.165) is 72.9 Å². The van der Waals surface area contributed by atoms with Crippen LogP contribution in [0.4, 0.5) is 0 Å². The smallest absolute Gasteiger partial charge is 0.744 e. The normalized spacial score (nSPS) is 11.8. The average molecular weight is 1000 g/mol. The number of fused-ring (bicyclic) bond motifs is 2. The minimum atomic E-state index is -4.47. The van der Waals surface area contributed by atoms with Gasteiger partial charge in [0.15, 0.2) is 0 Å². The molecule has 0 amide bonds. The molecule has 0 spiro atoms. The topological polar surface area (TPSA) is 114 Å². The van der Waals surface area contributed by atoms with Crippen LogP contribution in [0.1, 0.15) is 204 Å². The zero-order valence-electron chi connectivity index (χ0n) is 38.5. The van der Waals surface area contributed by atoms with E-state index in [1.807, 2.05) is 36.4 Å². The fraction of sp³-hybridized carbons (Fsp3) is 0.615. The summed E-state index contributed by atoms with van der Waals surface area (Å²) in [6.07, 6.45) is 32.1. The first-order valence-electron chi connectivity index (χ1n) is 23.9. The maximum absolute atomic E-state index is 11.9. The molecule has 0 saturated heterocycles. The van der Waals surface area contributed by atoms with E-state index in [2.05, 4.69) is 39.8 Å². The molecular formula is C52H78BaO6S2. The Kier molecular flexibility index (Phi) is 29.0. The number of hydrogen-bond donors (Lipinski definition) is 0. The summed E-state index contributed by atoms with van der Waals surface area (Å²) in [4.78, 5) is -0.0550. The third kappa shape index (κ3) is 21.1. The van der Waals surface area contributed by atoms with Crippen LogP contribution in [0, 0.1) is 0 Å². The third-order valence-corrected chi connectivity index (χ3v) is 13.9. The monoisotopic (exact) mass is 1000 g/mol. The summed E-state index contributed by atoms with van der Waals surface area (Å²) in [5.74, 6) is 0. The Morgan fingerprint density at radius 1 is 0.361 bits per heavy atom. The second kappa shape index (κ2) is 31.6. The van der Waals surface area contributed by atoms with E-state index in [4.69, 9.17) is 0 Å². The minimum Gasteiger partial charge on any atom is -0.744 e. The zero-order chi connectivity index (χ0) is 43.6. The van der Waals surface area contributed by atoms with Gasteiger partial charge in [0.2, 0.25) is 0 Å². The third-order valence-electron chi connectivity index (χ3n) is 12.0. The molecule has 9 heteroatoms. The molecule has 0 heterocycles. The first kappa shape index (κ1) is 55.9. The Labute approximate surface area is 412 Å². The van der Waals surface area contributed by atoms with Gasteiger partial charge in [-0.05, 0) is 119 Å². The molecule has 0 aliphatic carbocycles. The molecule has 0 radical (unpaired) electrons. The molecule has 0 aliphatic heterocycles. The molecular weight excluding hydrogens is 922 g/mol. The second-order valence-electron chi connectivity index (χ2n) is 17.2. The largest absolute Gasteiger partial charge is 2.00 e. The van der Waals surface area contributed by atoms with E-state index in [1.165, 1.54) is 127 Å². The minimum absolute atomic E-state index is 0. The van der Waals surface area contributed by atoms with Gasteiger partial charge in [-0.3, -0.25) is 0 Å². The zero-order valence-corrected chi connectivity index (χ0v) is 44.6. The first-order valence-corrected chi connectivity index (χ1v) is 26.8. The first-order chi connectivity index (χ1) is 28.9. The molecule has 4 aromatic rings. The Balaban J connectivity index is 0.000000413. The van der Waals surface area contributed by atoms with Crippen LogP contribution in [0.3, 0.4) is 0 Å². The van der Waals surface area contributed by atoms with Crippen LogP contribution in [-0.4, -0.2) is 74.8 Å². The molecule has 0 aromatic heterocycles. The molecule has 0 N–H and O–H groups in total. The van der Waals surface area contributed by atoms with Gasteiger partial charge in [0.05, 0.1) is 9.79 Å². The molecule has 0 unspecified atom stereocenters. The van der Waals surface area contributed by atoms with Crippen molar-refractivity contribution in [2.24, 2.45) is 0 Å². The molecule has 61 heavy (non-hydrogen) atoms. The Hall–Kier alpha value is -1.21. The molecule has 0 bridgehead atoms. The van der Waals surface area contributed by atoms with Crippen molar-refractivity contribution in [3.8, 4) is 0 Å². The predicted octanol–water partition coefficient (Wildman–Crippen LogP) is 14.7. The number of hydrogen-bond acceptors (Lipinski definition) is 6. The van der Waals surface area contributed by atoms with Crippen LogP contribution >= 0.6 is 0 Å². The molecule has 0 saturated carbocycles. The number of aryl methyl sites for hydroxylation is 4. The van der Waals surface area contributed by atoms with Crippen molar-refractivity contribution in [3.05, 3.63) is 82.9 Å². The van der Waals surface area contributed by atoms with Crippen LogP contribution in [0.15, 0.2) is 70.5 Å². The SMILES string of the molecule is CCCCCCCCc1cc2c(CCCCCCCC)cccc2cc1S(=O)(=O)[O-].CCCCCCCCc1cc2c(CCCCCCCC)cccc2cc1S(=O)(=O)[O-].[Ba+2]. The van der Waals surface area contributed by atoms with Crippen molar-refractivity contribution < 1.29 is 25.9 Å². The van der Waals surface area contributed by atoms with Gasteiger partial charge in [0.25, 0.3) is 0 Å². The summed E-state index contributed by atoms with van der Waals surface area (Å²) in [6.45, 7) is 8.86. The van der Waals surface area contributed by atoms with E-state index in [-0.39, 0.29) is 58.7 Å². The maximum Gasteiger partial charge on any atom is 2.00 e. The van der Waals surface area contributed by atoms with Crippen molar-refractivity contribution in [3.63, 3.8) is 0 Å². The molecule has 6 nitrogen and oxygen atoms in total. The molecule has 4 aromatic carbocycles. The van der Waals surface area contributed by atoms with E-state index in [9.17, 15) is 25.9 Å². The van der Waals surface area contributed by atoms with E-state index in [1.54, 1.807) is 12.1 Å². The van der Waals surface area contributed by atoms with E-state index in [0.29, 0.717) is 24.0 Å². The van der Waals surface area contributed by atoms with Gasteiger partial charge >= 0.3 is 48.9 Å². The van der Waals surface area contributed by atoms with Crippen molar-refractivity contribution in [1.29, 1.82) is 0 Å². The van der Waals surface area contributed by atoms with Gasteiger partial charge < -0.3 is 9.11 Å². The Morgan fingerprint density at radius 2 is 0.623 bits per heavy atom. The van der Waals surface area contributed by atoms with E-state index >= 15 is 0 Å². The summed E-state index contributed by atoms with van der Waals surface area (Å²) in [6, 6.07) is 19.3. The number of benzene rings is 4. The predicted molar refractivity (Wildman–Crippen MR) is 258 cm³/mol. The van der Waals surface area contributed by atoms with Crippen LogP contribution in [0.25, 0.3) is 21.5 Å². The molecule has 336 valence electrons. The molecule has 0 aliphatic rings. The number of unbranched alkanes of at least 4 members (excludes halogenated alkanes) is 20. The Morgan fingerprint density at radius 3 is 0.902 bits per heavy atom. The van der Waals surface area contributed by atoms with Crippen LogP contribution in [0.2, 0.25) is 0 Å². The van der Waals surface area contributed by atoms with Gasteiger partial charge in [-0.1, -0.05) is 193 Å². The fourth-order valence-electron chi connectivity index (χ4n) is 8.50.